The van der Waals surface area contributed by atoms with Crippen molar-refractivity contribution in [1.29, 1.82) is 0 Å². The van der Waals surface area contributed by atoms with Crippen LogP contribution in [0.25, 0.3) is 0 Å². The van der Waals surface area contributed by atoms with Crippen LogP contribution in [-0.2, 0) is 0 Å². The van der Waals surface area contributed by atoms with Gasteiger partial charge in [-0.15, -0.1) is 0 Å². The topological polar surface area (TPSA) is 77.1 Å². The highest BCUT2D eigenvalue weighted by Crippen LogP contribution is 2.41. The molecule has 0 spiro atoms. The lowest BCUT2D eigenvalue weighted by atomic mass is 9.78. The van der Waals surface area contributed by atoms with Crippen LogP contribution < -0.4 is 20.7 Å². The number of aromatic nitrogens is 2. The second-order valence-corrected chi connectivity index (χ2v) is 14.5. The molecule has 202 valence electrons. The predicted octanol–water partition coefficient (Wildman–Crippen LogP) is 4.41. The van der Waals surface area contributed by atoms with E-state index in [1.54, 1.807) is 0 Å². The maximum atomic E-state index is 4.66. The molecule has 5 heterocycles. The van der Waals surface area contributed by atoms with Gasteiger partial charge in [-0.25, -0.2) is 9.97 Å². The minimum absolute atomic E-state index is 0.188. The van der Waals surface area contributed by atoms with Crippen molar-refractivity contribution in [2.45, 2.75) is 121 Å². The Morgan fingerprint density at radius 2 is 1.78 bits per heavy atom. The normalized spacial score (nSPS) is 40.0. The molecule has 5 rings (SSSR count). The molecular weight excluding hydrogens is 466 g/mol. The number of hydrogen-bond donors (Lipinski definition) is 4. The zero-order valence-corrected chi connectivity index (χ0v) is 23.9. The fourth-order valence-corrected chi connectivity index (χ4v) is 8.13. The molecule has 7 unspecified atom stereocenters. The molecule has 8 heteroatoms. The largest absolute Gasteiger partial charge is 0.298 e. The second kappa shape index (κ2) is 11.1. The van der Waals surface area contributed by atoms with Crippen LogP contribution in [0.2, 0.25) is 0 Å². The molecule has 1 aromatic rings. The quantitative estimate of drug-likeness (QED) is 0.410. The van der Waals surface area contributed by atoms with E-state index in [1.807, 2.05) is 30.4 Å². The van der Waals surface area contributed by atoms with Crippen molar-refractivity contribution in [1.82, 2.24) is 35.5 Å². The van der Waals surface area contributed by atoms with Gasteiger partial charge in [-0.05, 0) is 82.6 Å². The molecule has 36 heavy (non-hydrogen) atoms. The summed E-state index contributed by atoms with van der Waals surface area (Å²) >= 11 is 1.91. The van der Waals surface area contributed by atoms with E-state index in [1.165, 1.54) is 45.1 Å². The van der Waals surface area contributed by atoms with Crippen LogP contribution in [0.1, 0.15) is 97.9 Å². The fraction of sp³-hybridized carbons (Fsp3) is 0.857. The van der Waals surface area contributed by atoms with Crippen molar-refractivity contribution < 1.29 is 0 Å². The lowest BCUT2D eigenvalue weighted by Gasteiger charge is -2.50. The summed E-state index contributed by atoms with van der Waals surface area (Å²) in [5.74, 6) is 2.26. The van der Waals surface area contributed by atoms with E-state index in [4.69, 9.17) is 0 Å². The standard InChI is InChI=1S/C28H49N7S/c1-27(2,3)22-13-11-20-17-31-36-24-9-6-8-23(34-24)32-21(25-29-14-7-15-30-25)12-10-19-16-28(4,5)35(18-19)26(20)33-22/h7,14-15,19-24,26,31-34H,6,8-13,16-18H2,1-5H3/t19-,20?,21?,22?,23?,24?,26?/m0/s1. The third-order valence-corrected chi connectivity index (χ3v) is 10.1. The molecule has 4 saturated heterocycles. The summed E-state index contributed by atoms with van der Waals surface area (Å²) in [6.07, 6.45) is 14.2. The van der Waals surface area contributed by atoms with Crippen LogP contribution in [-0.4, -0.2) is 57.2 Å². The summed E-state index contributed by atoms with van der Waals surface area (Å²) in [4.78, 5) is 12.2. The molecule has 4 fully saturated rings. The van der Waals surface area contributed by atoms with Crippen molar-refractivity contribution >= 4 is 11.9 Å². The molecule has 1 aromatic heterocycles. The number of piperidine rings is 2. The van der Waals surface area contributed by atoms with Gasteiger partial charge in [-0.3, -0.25) is 25.6 Å². The maximum Gasteiger partial charge on any atom is 0.145 e. The molecule has 4 bridgehead atoms. The van der Waals surface area contributed by atoms with Crippen LogP contribution in [0.3, 0.4) is 0 Å². The minimum Gasteiger partial charge on any atom is -0.298 e. The molecule has 7 nitrogen and oxygen atoms in total. The Morgan fingerprint density at radius 1 is 0.972 bits per heavy atom. The number of rotatable bonds is 1. The summed E-state index contributed by atoms with van der Waals surface area (Å²) in [7, 11) is 0. The average molecular weight is 516 g/mol. The monoisotopic (exact) mass is 515 g/mol. The van der Waals surface area contributed by atoms with Crippen molar-refractivity contribution in [3.05, 3.63) is 24.3 Å². The smallest absolute Gasteiger partial charge is 0.145 e. The van der Waals surface area contributed by atoms with E-state index in [-0.39, 0.29) is 17.0 Å². The SMILES string of the molecule is CC(C)(C)C1CCC2CNSC3CCCC(N3)NC(c3ncccn3)CC[C@@H]3CN(C2N1)C(C)(C)C3. The first kappa shape index (κ1) is 26.8. The number of fused-ring (bicyclic) bond motifs is 6. The van der Waals surface area contributed by atoms with E-state index in [0.29, 0.717) is 35.6 Å². The van der Waals surface area contributed by atoms with Crippen molar-refractivity contribution in [2.24, 2.45) is 17.3 Å². The Balaban J connectivity index is 1.39. The van der Waals surface area contributed by atoms with Gasteiger partial charge in [-0.1, -0.05) is 32.7 Å². The van der Waals surface area contributed by atoms with E-state index in [9.17, 15) is 0 Å². The molecule has 0 saturated carbocycles. The summed E-state index contributed by atoms with van der Waals surface area (Å²) in [5, 5.41) is 12.4. The first-order valence-electron chi connectivity index (χ1n) is 14.4. The lowest BCUT2D eigenvalue weighted by molar-refractivity contribution is 0.00552. The van der Waals surface area contributed by atoms with Gasteiger partial charge < -0.3 is 0 Å². The Bertz CT molecular complexity index is 844. The van der Waals surface area contributed by atoms with Crippen LogP contribution in [0.5, 0.6) is 0 Å². The van der Waals surface area contributed by atoms with Crippen molar-refractivity contribution in [3.8, 4) is 0 Å². The zero-order valence-electron chi connectivity index (χ0n) is 23.1. The fourth-order valence-electron chi connectivity index (χ4n) is 7.10. The van der Waals surface area contributed by atoms with E-state index in [2.05, 4.69) is 70.2 Å². The molecule has 8 atom stereocenters. The van der Waals surface area contributed by atoms with E-state index >= 15 is 0 Å². The Morgan fingerprint density at radius 3 is 2.56 bits per heavy atom. The third-order valence-electron chi connectivity index (χ3n) is 9.13. The van der Waals surface area contributed by atoms with Gasteiger partial charge in [0, 0.05) is 43.0 Å². The summed E-state index contributed by atoms with van der Waals surface area (Å²) in [6, 6.07) is 2.67. The van der Waals surface area contributed by atoms with Gasteiger partial charge in [0.15, 0.2) is 0 Å². The molecule has 0 aliphatic carbocycles. The average Bonchev–Trinajstić information content (AvgIpc) is 3.15. The number of hydrogen-bond acceptors (Lipinski definition) is 8. The molecule has 0 aromatic carbocycles. The van der Waals surface area contributed by atoms with Crippen LogP contribution in [0.4, 0.5) is 0 Å². The highest BCUT2D eigenvalue weighted by Gasteiger charge is 2.47. The molecule has 4 N–H and O–H groups in total. The van der Waals surface area contributed by atoms with Gasteiger partial charge in [0.05, 0.1) is 23.7 Å². The highest BCUT2D eigenvalue weighted by molar-refractivity contribution is 7.98. The number of nitrogens with one attached hydrogen (secondary N) is 4. The molecule has 0 radical (unpaired) electrons. The van der Waals surface area contributed by atoms with Gasteiger partial charge in [0.25, 0.3) is 0 Å². The van der Waals surface area contributed by atoms with Gasteiger partial charge >= 0.3 is 0 Å². The van der Waals surface area contributed by atoms with Gasteiger partial charge in [-0.2, -0.15) is 0 Å². The first-order chi connectivity index (χ1) is 17.2. The zero-order chi connectivity index (χ0) is 25.3. The van der Waals surface area contributed by atoms with Crippen molar-refractivity contribution in [3.63, 3.8) is 0 Å². The minimum atomic E-state index is 0.188. The summed E-state index contributed by atoms with van der Waals surface area (Å²) < 4.78 is 3.83. The lowest BCUT2D eigenvalue weighted by Crippen LogP contribution is -2.63. The highest BCUT2D eigenvalue weighted by atomic mass is 32.2. The Kier molecular flexibility index (Phi) is 8.31. The summed E-state index contributed by atoms with van der Waals surface area (Å²) in [5.41, 5.74) is 0.484. The maximum absolute atomic E-state index is 4.66. The predicted molar refractivity (Wildman–Crippen MR) is 149 cm³/mol. The third kappa shape index (κ3) is 6.26. The molecular formula is C28H49N7S. The number of nitrogens with zero attached hydrogens (tertiary/aromatic N) is 3. The van der Waals surface area contributed by atoms with Gasteiger partial charge in [0.1, 0.15) is 5.82 Å². The first-order valence-corrected chi connectivity index (χ1v) is 15.3. The molecule has 4 aliphatic heterocycles. The van der Waals surface area contributed by atoms with Gasteiger partial charge in [0.2, 0.25) is 0 Å². The molecule has 0 amide bonds. The van der Waals surface area contributed by atoms with E-state index in [0.717, 1.165) is 25.2 Å². The Hall–Kier alpha value is -0.770. The molecule has 4 aliphatic rings. The van der Waals surface area contributed by atoms with E-state index < -0.39 is 0 Å². The second-order valence-electron chi connectivity index (χ2n) is 13.4. The van der Waals surface area contributed by atoms with Crippen LogP contribution in [0, 0.1) is 17.3 Å². The van der Waals surface area contributed by atoms with Crippen LogP contribution in [0.15, 0.2) is 18.5 Å². The summed E-state index contributed by atoms with van der Waals surface area (Å²) in [6.45, 7) is 14.4. The van der Waals surface area contributed by atoms with Crippen molar-refractivity contribution in [2.75, 3.05) is 13.1 Å². The van der Waals surface area contributed by atoms with Crippen LogP contribution >= 0.6 is 11.9 Å². The Labute approximate surface area is 223 Å².